The van der Waals surface area contributed by atoms with Gasteiger partial charge in [0.15, 0.2) is 5.60 Å². The molecule has 2 aliphatic rings. The van der Waals surface area contributed by atoms with Crippen molar-refractivity contribution in [2.75, 3.05) is 19.7 Å². The molecule has 1 aromatic carbocycles. The summed E-state index contributed by atoms with van der Waals surface area (Å²) in [5, 5.41) is 29.1. The number of hydrogen-bond acceptors (Lipinski definition) is 5. The molecule has 9 heteroatoms. The summed E-state index contributed by atoms with van der Waals surface area (Å²) in [6.45, 7) is 0.584. The molecule has 0 aromatic heterocycles. The lowest BCUT2D eigenvalue weighted by atomic mass is 9.80. The van der Waals surface area contributed by atoms with E-state index in [1.807, 2.05) is 0 Å². The first kappa shape index (κ1) is 23.5. The van der Waals surface area contributed by atoms with E-state index < -0.39 is 35.4 Å². The second-order valence-corrected chi connectivity index (χ2v) is 7.89. The summed E-state index contributed by atoms with van der Waals surface area (Å²) >= 11 is 0. The van der Waals surface area contributed by atoms with Gasteiger partial charge in [-0.15, -0.1) is 12.4 Å². The summed E-state index contributed by atoms with van der Waals surface area (Å²) in [6.07, 6.45) is 0.837. The van der Waals surface area contributed by atoms with E-state index in [-0.39, 0.29) is 37.4 Å². The van der Waals surface area contributed by atoms with Crippen LogP contribution in [0.2, 0.25) is 0 Å². The van der Waals surface area contributed by atoms with E-state index >= 15 is 0 Å². The summed E-state index contributed by atoms with van der Waals surface area (Å²) in [7, 11) is 0. The Labute approximate surface area is 174 Å². The average molecular weight is 433 g/mol. The minimum Gasteiger partial charge on any atom is -0.460 e. The number of benzene rings is 1. The first-order chi connectivity index (χ1) is 13.2. The molecule has 29 heavy (non-hydrogen) atoms. The molecule has 1 aliphatic heterocycles. The first-order valence-corrected chi connectivity index (χ1v) is 9.49. The predicted molar refractivity (Wildman–Crippen MR) is 105 cm³/mol. The summed E-state index contributed by atoms with van der Waals surface area (Å²) in [6, 6.07) is 8.00. The number of alkyl halides is 2. The van der Waals surface area contributed by atoms with Crippen LogP contribution >= 0.6 is 12.4 Å². The third kappa shape index (κ3) is 5.05. The number of likely N-dealkylation sites (tertiary alicyclic amines) is 1. The second-order valence-electron chi connectivity index (χ2n) is 7.89. The molecule has 3 rings (SSSR count). The number of carbonyl (C=O) groups is 1. The van der Waals surface area contributed by atoms with E-state index in [1.54, 1.807) is 23.1 Å². The Balaban J connectivity index is 0.00000300. The van der Waals surface area contributed by atoms with Gasteiger partial charge in [-0.3, -0.25) is 5.41 Å². The Morgan fingerprint density at radius 2 is 1.90 bits per heavy atom. The summed E-state index contributed by atoms with van der Waals surface area (Å²) in [4.78, 5) is 14.6. The van der Waals surface area contributed by atoms with Gasteiger partial charge < -0.3 is 19.8 Å². The van der Waals surface area contributed by atoms with Gasteiger partial charge in [0.25, 0.3) is 0 Å². The monoisotopic (exact) mass is 432 g/mol. The Kier molecular flexibility index (Phi) is 7.24. The molecule has 6 nitrogen and oxygen atoms in total. The minimum atomic E-state index is -2.93. The molecule has 1 saturated heterocycles. The van der Waals surface area contributed by atoms with Crippen LogP contribution in [0.4, 0.5) is 8.78 Å². The largest absolute Gasteiger partial charge is 0.460 e. The maximum Gasteiger partial charge on any atom is 0.343 e. The third-order valence-electron chi connectivity index (χ3n) is 5.90. The van der Waals surface area contributed by atoms with E-state index in [0.717, 1.165) is 0 Å². The van der Waals surface area contributed by atoms with Gasteiger partial charge in [0, 0.05) is 31.8 Å². The minimum absolute atomic E-state index is 0. The zero-order valence-corrected chi connectivity index (χ0v) is 16.8. The summed E-state index contributed by atoms with van der Waals surface area (Å²) in [5.74, 6) is -4.90. The number of halogens is 3. The van der Waals surface area contributed by atoms with E-state index in [2.05, 4.69) is 0 Å². The molecule has 3 N–H and O–H groups in total. The smallest absolute Gasteiger partial charge is 0.343 e. The first-order valence-electron chi connectivity index (χ1n) is 9.49. The zero-order valence-electron chi connectivity index (χ0n) is 16.0. The molecular formula is C20H27ClF2N2O4. The van der Waals surface area contributed by atoms with Crippen LogP contribution in [0.25, 0.3) is 0 Å². The third-order valence-corrected chi connectivity index (χ3v) is 5.90. The fourth-order valence-electron chi connectivity index (χ4n) is 4.04. The van der Waals surface area contributed by atoms with E-state index in [1.165, 1.54) is 18.5 Å². The van der Waals surface area contributed by atoms with Crippen molar-refractivity contribution in [3.05, 3.63) is 35.9 Å². The van der Waals surface area contributed by atoms with Gasteiger partial charge in [0.05, 0.1) is 6.34 Å². The van der Waals surface area contributed by atoms with Crippen molar-refractivity contribution in [3.63, 3.8) is 0 Å². The lowest BCUT2D eigenvalue weighted by Crippen LogP contribution is -2.49. The number of piperidine rings is 1. The zero-order chi connectivity index (χ0) is 20.4. The van der Waals surface area contributed by atoms with Crippen molar-refractivity contribution in [2.24, 2.45) is 5.92 Å². The number of rotatable bonds is 6. The Bertz CT molecular complexity index is 714. The molecule has 0 bridgehead atoms. The highest BCUT2D eigenvalue weighted by atomic mass is 35.5. The van der Waals surface area contributed by atoms with Gasteiger partial charge in [-0.25, -0.2) is 13.6 Å². The lowest BCUT2D eigenvalue weighted by molar-refractivity contribution is -0.183. The molecule has 2 atom stereocenters. The summed E-state index contributed by atoms with van der Waals surface area (Å²) in [5.41, 5.74) is -3.23. The van der Waals surface area contributed by atoms with Gasteiger partial charge in [-0.1, -0.05) is 30.3 Å². The molecule has 162 valence electrons. The average Bonchev–Trinajstić information content (AvgIpc) is 3.07. The number of hydrogen-bond donors (Lipinski definition) is 3. The number of ether oxygens (including phenoxy) is 1. The van der Waals surface area contributed by atoms with Crippen molar-refractivity contribution in [1.82, 2.24) is 4.90 Å². The van der Waals surface area contributed by atoms with E-state index in [4.69, 9.17) is 10.1 Å². The highest BCUT2D eigenvalue weighted by Gasteiger charge is 2.54. The van der Waals surface area contributed by atoms with Crippen LogP contribution in [0, 0.1) is 11.3 Å². The van der Waals surface area contributed by atoms with Gasteiger partial charge in [-0.05, 0) is 24.8 Å². The Hall–Kier alpha value is -1.77. The van der Waals surface area contributed by atoms with Crippen LogP contribution in [0.3, 0.4) is 0 Å². The normalized spacial score (nSPS) is 24.8. The molecule has 1 saturated carbocycles. The number of carbonyl (C=O) groups excluding carboxylic acids is 1. The van der Waals surface area contributed by atoms with Crippen LogP contribution in [-0.4, -0.2) is 58.6 Å². The fourth-order valence-corrected chi connectivity index (χ4v) is 4.04. The maximum atomic E-state index is 13.8. The topological polar surface area (TPSA) is 93.9 Å². The van der Waals surface area contributed by atoms with Crippen LogP contribution in [0.5, 0.6) is 0 Å². The van der Waals surface area contributed by atoms with Gasteiger partial charge in [0.1, 0.15) is 12.2 Å². The SMILES string of the molecule is Cl.N=CN1CCC(O)(COC(=O)[C@](O)(c2ccccc2)[C@@H]2CCC(F)(F)C2)CC1. The van der Waals surface area contributed by atoms with Gasteiger partial charge in [-0.2, -0.15) is 0 Å². The van der Waals surface area contributed by atoms with Crippen molar-refractivity contribution in [1.29, 1.82) is 5.41 Å². The molecule has 0 unspecified atom stereocenters. The number of esters is 1. The van der Waals surface area contributed by atoms with Crippen molar-refractivity contribution in [3.8, 4) is 0 Å². The molecule has 1 aromatic rings. The maximum absolute atomic E-state index is 13.8. The lowest BCUT2D eigenvalue weighted by Gasteiger charge is -2.38. The van der Waals surface area contributed by atoms with Crippen molar-refractivity contribution in [2.45, 2.75) is 49.2 Å². The Morgan fingerprint density at radius 3 is 2.41 bits per heavy atom. The molecule has 0 radical (unpaired) electrons. The molecular weight excluding hydrogens is 406 g/mol. The Morgan fingerprint density at radius 1 is 1.28 bits per heavy atom. The van der Waals surface area contributed by atoms with E-state index in [9.17, 15) is 23.8 Å². The van der Waals surface area contributed by atoms with Gasteiger partial charge >= 0.3 is 5.97 Å². The fraction of sp³-hybridized carbons (Fsp3) is 0.600. The van der Waals surface area contributed by atoms with Crippen molar-refractivity contribution < 1.29 is 28.5 Å². The van der Waals surface area contributed by atoms with Crippen LogP contribution in [-0.2, 0) is 15.1 Å². The van der Waals surface area contributed by atoms with Crippen LogP contribution in [0.1, 0.15) is 37.7 Å². The second kappa shape index (κ2) is 8.93. The molecule has 0 amide bonds. The molecule has 2 fully saturated rings. The van der Waals surface area contributed by atoms with Crippen molar-refractivity contribution >= 4 is 24.7 Å². The standard InChI is InChI=1S/C20H26F2N2O4.ClH/c21-19(22)7-6-16(12-19)20(27,15-4-2-1-3-5-15)17(25)28-13-18(26)8-10-24(14-23)11-9-18;/h1-5,14,16,23,26-27H,6-13H2;1H/t16-,20+;/m1./s1. The molecule has 0 spiro atoms. The molecule has 1 heterocycles. The number of aliphatic hydroxyl groups is 2. The quantitative estimate of drug-likeness (QED) is 0.365. The highest BCUT2D eigenvalue weighted by molar-refractivity contribution is 5.85. The predicted octanol–water partition coefficient (Wildman–Crippen LogP) is 2.71. The number of nitrogens with one attached hydrogen (secondary N) is 1. The highest BCUT2D eigenvalue weighted by Crippen LogP contribution is 2.48. The number of nitrogens with zero attached hydrogens (tertiary/aromatic N) is 1. The molecule has 1 aliphatic carbocycles. The van der Waals surface area contributed by atoms with Crippen LogP contribution in [0.15, 0.2) is 30.3 Å². The van der Waals surface area contributed by atoms with E-state index in [0.29, 0.717) is 25.9 Å². The summed E-state index contributed by atoms with van der Waals surface area (Å²) < 4.78 is 32.9. The van der Waals surface area contributed by atoms with Crippen LogP contribution < -0.4 is 0 Å². The van der Waals surface area contributed by atoms with Gasteiger partial charge in [0.2, 0.25) is 5.92 Å².